The Bertz CT molecular complexity index is 802. The van der Waals surface area contributed by atoms with Gasteiger partial charge in [-0.15, -0.1) is 0 Å². The highest BCUT2D eigenvalue weighted by Gasteiger charge is 2.35. The van der Waals surface area contributed by atoms with E-state index in [0.29, 0.717) is 6.54 Å². The molecule has 0 aromatic heterocycles. The van der Waals surface area contributed by atoms with Crippen LogP contribution in [-0.2, 0) is 15.0 Å². The fraction of sp³-hybridized carbons (Fsp3) is 0.364. The lowest BCUT2D eigenvalue weighted by atomic mass is 9.87. The minimum absolute atomic E-state index is 0.00225. The molecule has 1 fully saturated rings. The Morgan fingerprint density at radius 1 is 1.04 bits per heavy atom. The highest BCUT2D eigenvalue weighted by Crippen LogP contribution is 2.29. The molecule has 0 saturated carbocycles. The van der Waals surface area contributed by atoms with Crippen LogP contribution in [-0.4, -0.2) is 18.4 Å². The van der Waals surface area contributed by atoms with Crippen LogP contribution >= 0.6 is 0 Å². The second-order valence-electron chi connectivity index (χ2n) is 8.06. The zero-order chi connectivity index (χ0) is 18.9. The summed E-state index contributed by atoms with van der Waals surface area (Å²) in [5, 5.41) is 2.91. The molecule has 3 rings (SSSR count). The van der Waals surface area contributed by atoms with Crippen LogP contribution in [0, 0.1) is 12.8 Å². The number of nitrogens with one attached hydrogen (secondary N) is 1. The number of carbonyl (C=O) groups excluding carboxylic acids is 2. The molecule has 2 aromatic carbocycles. The lowest BCUT2D eigenvalue weighted by Crippen LogP contribution is -2.28. The number of amides is 2. The van der Waals surface area contributed by atoms with Gasteiger partial charge >= 0.3 is 0 Å². The van der Waals surface area contributed by atoms with Crippen molar-refractivity contribution in [2.75, 3.05) is 16.8 Å². The van der Waals surface area contributed by atoms with E-state index in [1.165, 1.54) is 5.56 Å². The van der Waals surface area contributed by atoms with E-state index in [0.717, 1.165) is 16.9 Å². The zero-order valence-electron chi connectivity index (χ0n) is 15.9. The van der Waals surface area contributed by atoms with Crippen LogP contribution in [0.4, 0.5) is 11.4 Å². The van der Waals surface area contributed by atoms with E-state index in [1.807, 2.05) is 43.3 Å². The predicted molar refractivity (Wildman–Crippen MR) is 105 cm³/mol. The lowest BCUT2D eigenvalue weighted by molar-refractivity contribution is -0.122. The summed E-state index contributed by atoms with van der Waals surface area (Å²) in [6, 6.07) is 15.7. The zero-order valence-corrected chi connectivity index (χ0v) is 15.9. The van der Waals surface area contributed by atoms with Crippen molar-refractivity contribution in [3.8, 4) is 0 Å². The minimum Gasteiger partial charge on any atom is -0.326 e. The third-order valence-electron chi connectivity index (χ3n) is 4.86. The maximum Gasteiger partial charge on any atom is 0.229 e. The molecule has 2 aromatic rings. The van der Waals surface area contributed by atoms with Gasteiger partial charge in [0, 0.05) is 24.3 Å². The molecular weight excluding hydrogens is 324 g/mol. The Hall–Kier alpha value is -2.62. The van der Waals surface area contributed by atoms with Crippen LogP contribution < -0.4 is 10.2 Å². The molecule has 136 valence electrons. The summed E-state index contributed by atoms with van der Waals surface area (Å²) in [6.07, 6.45) is 0.249. The number of rotatable bonds is 3. The van der Waals surface area contributed by atoms with Gasteiger partial charge in [-0.25, -0.2) is 0 Å². The molecule has 26 heavy (non-hydrogen) atoms. The quantitative estimate of drug-likeness (QED) is 0.898. The van der Waals surface area contributed by atoms with E-state index in [9.17, 15) is 9.59 Å². The van der Waals surface area contributed by atoms with Crippen molar-refractivity contribution >= 4 is 23.2 Å². The Labute approximate surface area is 155 Å². The third-order valence-corrected chi connectivity index (χ3v) is 4.86. The largest absolute Gasteiger partial charge is 0.326 e. The summed E-state index contributed by atoms with van der Waals surface area (Å²) >= 11 is 0. The average molecular weight is 350 g/mol. The van der Waals surface area contributed by atoms with Crippen LogP contribution in [0.15, 0.2) is 48.5 Å². The number of anilines is 2. The van der Waals surface area contributed by atoms with Gasteiger partial charge < -0.3 is 10.2 Å². The molecule has 0 aliphatic carbocycles. The molecular formula is C22H26N2O2. The molecule has 1 atom stereocenters. The molecule has 0 bridgehead atoms. The minimum atomic E-state index is -0.328. The molecule has 2 amide bonds. The molecule has 1 heterocycles. The number of hydrogen-bond acceptors (Lipinski definition) is 2. The Kier molecular flexibility index (Phi) is 4.86. The smallest absolute Gasteiger partial charge is 0.229 e. The highest BCUT2D eigenvalue weighted by molar-refractivity contribution is 6.03. The fourth-order valence-electron chi connectivity index (χ4n) is 3.16. The third kappa shape index (κ3) is 3.96. The molecule has 4 heteroatoms. The van der Waals surface area contributed by atoms with Crippen molar-refractivity contribution in [1.29, 1.82) is 0 Å². The first-order chi connectivity index (χ1) is 12.2. The molecule has 4 nitrogen and oxygen atoms in total. The van der Waals surface area contributed by atoms with E-state index in [4.69, 9.17) is 0 Å². The van der Waals surface area contributed by atoms with E-state index in [2.05, 4.69) is 38.2 Å². The van der Waals surface area contributed by atoms with Crippen molar-refractivity contribution in [3.63, 3.8) is 0 Å². The summed E-state index contributed by atoms with van der Waals surface area (Å²) in [4.78, 5) is 26.6. The maximum absolute atomic E-state index is 12.5. The topological polar surface area (TPSA) is 49.4 Å². The number of hydrogen-bond donors (Lipinski definition) is 1. The van der Waals surface area contributed by atoms with Gasteiger partial charge in [-0.05, 0) is 42.2 Å². The van der Waals surface area contributed by atoms with Crippen molar-refractivity contribution in [2.45, 2.75) is 39.5 Å². The number of nitrogens with zero attached hydrogens (tertiary/aromatic N) is 1. The number of carbonyl (C=O) groups is 2. The van der Waals surface area contributed by atoms with Gasteiger partial charge in [0.05, 0.1) is 5.92 Å². The van der Waals surface area contributed by atoms with Crippen LogP contribution in [0.2, 0.25) is 0 Å². The Morgan fingerprint density at radius 3 is 2.23 bits per heavy atom. The number of aryl methyl sites for hydroxylation is 1. The predicted octanol–water partition coefficient (Wildman–Crippen LogP) is 4.28. The van der Waals surface area contributed by atoms with Gasteiger partial charge in [0.1, 0.15) is 0 Å². The van der Waals surface area contributed by atoms with Crippen LogP contribution in [0.1, 0.15) is 38.3 Å². The van der Waals surface area contributed by atoms with Crippen molar-refractivity contribution in [1.82, 2.24) is 0 Å². The molecule has 1 unspecified atom stereocenters. The number of benzene rings is 2. The van der Waals surface area contributed by atoms with Gasteiger partial charge in [-0.1, -0.05) is 50.6 Å². The Balaban J connectivity index is 1.68. The van der Waals surface area contributed by atoms with Crippen molar-refractivity contribution < 1.29 is 9.59 Å². The second kappa shape index (κ2) is 6.94. The standard InChI is InChI=1S/C22H26N2O2/c1-15-5-9-18(10-6-15)23-21(26)16-13-20(25)24(14-16)19-11-7-17(8-12-19)22(2,3)4/h5-12,16H,13-14H2,1-4H3,(H,23,26). The van der Waals surface area contributed by atoms with Gasteiger partial charge in [0.15, 0.2) is 0 Å². The van der Waals surface area contributed by atoms with Crippen LogP contribution in [0.25, 0.3) is 0 Å². The molecule has 1 aliphatic rings. The van der Waals surface area contributed by atoms with E-state index < -0.39 is 0 Å². The van der Waals surface area contributed by atoms with E-state index >= 15 is 0 Å². The summed E-state index contributed by atoms with van der Waals surface area (Å²) in [5.74, 6) is -0.431. The maximum atomic E-state index is 12.5. The van der Waals surface area contributed by atoms with Gasteiger partial charge in [0.2, 0.25) is 11.8 Å². The first-order valence-corrected chi connectivity index (χ1v) is 9.02. The normalized spacial score (nSPS) is 17.5. The molecule has 0 spiro atoms. The first kappa shape index (κ1) is 18.2. The molecule has 1 aliphatic heterocycles. The molecule has 1 saturated heterocycles. The van der Waals surface area contributed by atoms with Crippen LogP contribution in [0.3, 0.4) is 0 Å². The van der Waals surface area contributed by atoms with Gasteiger partial charge in [-0.3, -0.25) is 9.59 Å². The van der Waals surface area contributed by atoms with E-state index in [1.54, 1.807) is 4.90 Å². The van der Waals surface area contributed by atoms with Crippen molar-refractivity contribution in [3.05, 3.63) is 59.7 Å². The monoisotopic (exact) mass is 350 g/mol. The average Bonchev–Trinajstić information content (AvgIpc) is 2.98. The van der Waals surface area contributed by atoms with Gasteiger partial charge in [0.25, 0.3) is 0 Å². The molecule has 1 N–H and O–H groups in total. The molecule has 0 radical (unpaired) electrons. The summed E-state index contributed by atoms with van der Waals surface area (Å²) in [6.45, 7) is 8.91. The second-order valence-corrected chi connectivity index (χ2v) is 8.06. The SMILES string of the molecule is Cc1ccc(NC(=O)C2CC(=O)N(c3ccc(C(C)(C)C)cc3)C2)cc1. The highest BCUT2D eigenvalue weighted by atomic mass is 16.2. The Morgan fingerprint density at radius 2 is 1.65 bits per heavy atom. The first-order valence-electron chi connectivity index (χ1n) is 9.02. The fourth-order valence-corrected chi connectivity index (χ4v) is 3.16. The van der Waals surface area contributed by atoms with Gasteiger partial charge in [-0.2, -0.15) is 0 Å². The van der Waals surface area contributed by atoms with Crippen LogP contribution in [0.5, 0.6) is 0 Å². The van der Waals surface area contributed by atoms with Crippen molar-refractivity contribution in [2.24, 2.45) is 5.92 Å². The lowest BCUT2D eigenvalue weighted by Gasteiger charge is -2.21. The van der Waals surface area contributed by atoms with E-state index in [-0.39, 0.29) is 29.6 Å². The summed E-state index contributed by atoms with van der Waals surface area (Å²) in [5.41, 5.74) is 4.06. The summed E-state index contributed by atoms with van der Waals surface area (Å²) < 4.78 is 0. The summed E-state index contributed by atoms with van der Waals surface area (Å²) in [7, 11) is 0.